The average Bonchev–Trinajstić information content (AvgIpc) is 2.55. The van der Waals surface area contributed by atoms with Crippen LogP contribution in [0.2, 0.25) is 5.02 Å². The molecule has 1 aromatic rings. The number of carbonyl (C=O) groups is 1. The number of quaternary nitrogens is 1. The Morgan fingerprint density at radius 2 is 2.00 bits per heavy atom. The highest BCUT2D eigenvalue weighted by Gasteiger charge is 2.20. The van der Waals surface area contributed by atoms with Gasteiger partial charge in [-0.3, -0.25) is 4.79 Å². The molecule has 1 amide bonds. The van der Waals surface area contributed by atoms with Crippen molar-refractivity contribution < 1.29 is 9.69 Å². The molecule has 0 unspecified atom stereocenters. The minimum absolute atomic E-state index is 0.0717. The molecule has 1 aliphatic rings. The third kappa shape index (κ3) is 5.40. The summed E-state index contributed by atoms with van der Waals surface area (Å²) in [5.74, 6) is 0.0717. The van der Waals surface area contributed by atoms with Gasteiger partial charge < -0.3 is 15.1 Å². The van der Waals surface area contributed by atoms with Crippen molar-refractivity contribution in [1.29, 1.82) is 0 Å². The lowest BCUT2D eigenvalue weighted by Crippen LogP contribution is -3.14. The van der Waals surface area contributed by atoms with Crippen molar-refractivity contribution >= 4 is 28.9 Å². The molecule has 1 heterocycles. The Hall–Kier alpha value is -1.26. The molecule has 0 radical (unpaired) electrons. The highest BCUT2D eigenvalue weighted by Crippen LogP contribution is 2.29. The van der Waals surface area contributed by atoms with E-state index in [9.17, 15) is 4.79 Å². The number of amides is 1. The van der Waals surface area contributed by atoms with Crippen molar-refractivity contribution in [2.75, 3.05) is 42.9 Å². The highest BCUT2D eigenvalue weighted by molar-refractivity contribution is 6.33. The van der Waals surface area contributed by atoms with Crippen LogP contribution >= 0.6 is 11.6 Å². The summed E-state index contributed by atoms with van der Waals surface area (Å²) < 4.78 is 0. The minimum atomic E-state index is 0.0717. The summed E-state index contributed by atoms with van der Waals surface area (Å²) >= 11 is 6.44. The van der Waals surface area contributed by atoms with E-state index in [0.717, 1.165) is 61.8 Å². The number of anilines is 2. The Kier molecular flexibility index (Phi) is 7.18. The van der Waals surface area contributed by atoms with Gasteiger partial charge in [0.05, 0.1) is 43.4 Å². The fourth-order valence-electron chi connectivity index (χ4n) is 3.02. The van der Waals surface area contributed by atoms with Crippen LogP contribution < -0.4 is 15.1 Å². The molecule has 0 bridgehead atoms. The number of nitrogens with zero attached hydrogens (tertiary/aromatic N) is 1. The summed E-state index contributed by atoms with van der Waals surface area (Å²) in [6.45, 7) is 9.93. The molecular weight excluding hydrogens is 310 g/mol. The SMILES string of the molecule is CCCCCC(=O)Nc1ccc(N2CC[NH+](CC)CC2)c(Cl)c1. The number of hydrogen-bond acceptors (Lipinski definition) is 2. The molecule has 2 N–H and O–H groups in total. The van der Waals surface area contributed by atoms with Crippen LogP contribution in [0.25, 0.3) is 0 Å². The highest BCUT2D eigenvalue weighted by atomic mass is 35.5. The molecule has 1 fully saturated rings. The van der Waals surface area contributed by atoms with Crippen molar-refractivity contribution in [1.82, 2.24) is 0 Å². The first-order valence-electron chi connectivity index (χ1n) is 8.82. The first-order chi connectivity index (χ1) is 11.1. The molecule has 2 rings (SSSR count). The lowest BCUT2D eigenvalue weighted by Gasteiger charge is -2.33. The van der Waals surface area contributed by atoms with Crippen LogP contribution in [-0.2, 0) is 4.79 Å². The molecule has 0 spiro atoms. The van der Waals surface area contributed by atoms with Gasteiger partial charge in [-0.15, -0.1) is 0 Å². The van der Waals surface area contributed by atoms with Gasteiger partial charge in [-0.05, 0) is 31.5 Å². The van der Waals surface area contributed by atoms with E-state index in [2.05, 4.69) is 24.1 Å². The second-order valence-corrected chi connectivity index (χ2v) is 6.67. The van der Waals surface area contributed by atoms with Crippen LogP contribution in [0.5, 0.6) is 0 Å². The van der Waals surface area contributed by atoms with E-state index in [-0.39, 0.29) is 5.91 Å². The number of nitrogens with one attached hydrogen (secondary N) is 2. The molecule has 4 nitrogen and oxygen atoms in total. The van der Waals surface area contributed by atoms with E-state index < -0.39 is 0 Å². The van der Waals surface area contributed by atoms with Crippen molar-refractivity contribution in [3.05, 3.63) is 23.2 Å². The molecule has 0 saturated carbocycles. The Morgan fingerprint density at radius 3 is 2.61 bits per heavy atom. The predicted molar refractivity (Wildman–Crippen MR) is 97.7 cm³/mol. The van der Waals surface area contributed by atoms with Gasteiger partial charge in [0.2, 0.25) is 5.91 Å². The third-order valence-corrected chi connectivity index (χ3v) is 4.85. The third-order valence-electron chi connectivity index (χ3n) is 4.55. The van der Waals surface area contributed by atoms with E-state index in [1.807, 2.05) is 18.2 Å². The standard InChI is InChI=1S/C18H28ClN3O/c1-3-5-6-7-18(23)20-15-8-9-17(16(19)14-15)22-12-10-21(4-2)11-13-22/h8-9,14H,3-7,10-13H2,1-2H3,(H,20,23)/p+1. The van der Waals surface area contributed by atoms with Crippen molar-refractivity contribution in [2.45, 2.75) is 39.5 Å². The fraction of sp³-hybridized carbons (Fsp3) is 0.611. The van der Waals surface area contributed by atoms with Crippen LogP contribution in [-0.4, -0.2) is 38.6 Å². The van der Waals surface area contributed by atoms with E-state index in [1.54, 1.807) is 4.90 Å². The quantitative estimate of drug-likeness (QED) is 0.750. The van der Waals surface area contributed by atoms with Crippen molar-refractivity contribution in [3.8, 4) is 0 Å². The van der Waals surface area contributed by atoms with Crippen LogP contribution in [0.15, 0.2) is 18.2 Å². The number of hydrogen-bond donors (Lipinski definition) is 2. The maximum absolute atomic E-state index is 11.9. The number of benzene rings is 1. The lowest BCUT2D eigenvalue weighted by molar-refractivity contribution is -0.898. The van der Waals surface area contributed by atoms with Crippen molar-refractivity contribution in [3.63, 3.8) is 0 Å². The van der Waals surface area contributed by atoms with Crippen LogP contribution in [0, 0.1) is 0 Å². The van der Waals surface area contributed by atoms with Gasteiger partial charge in [-0.1, -0.05) is 31.4 Å². The van der Waals surface area contributed by atoms with Gasteiger partial charge in [0.25, 0.3) is 0 Å². The second-order valence-electron chi connectivity index (χ2n) is 6.26. The van der Waals surface area contributed by atoms with E-state index >= 15 is 0 Å². The maximum Gasteiger partial charge on any atom is 0.224 e. The monoisotopic (exact) mass is 338 g/mol. The van der Waals surface area contributed by atoms with E-state index in [1.165, 1.54) is 6.54 Å². The number of unbranched alkanes of at least 4 members (excludes halogenated alkanes) is 2. The molecule has 1 saturated heterocycles. The van der Waals surface area contributed by atoms with Gasteiger partial charge in [0, 0.05) is 12.1 Å². The van der Waals surface area contributed by atoms with Crippen molar-refractivity contribution in [2.24, 2.45) is 0 Å². The van der Waals surface area contributed by atoms with Gasteiger partial charge in [0.15, 0.2) is 0 Å². The van der Waals surface area contributed by atoms with Gasteiger partial charge in [0.1, 0.15) is 0 Å². The number of likely N-dealkylation sites (N-methyl/N-ethyl adjacent to an activating group) is 1. The topological polar surface area (TPSA) is 36.8 Å². The minimum Gasteiger partial charge on any atom is -0.359 e. The summed E-state index contributed by atoms with van der Waals surface area (Å²) in [5, 5.41) is 3.66. The molecule has 0 aromatic heterocycles. The summed E-state index contributed by atoms with van der Waals surface area (Å²) in [7, 11) is 0. The fourth-order valence-corrected chi connectivity index (χ4v) is 3.32. The normalized spacial score (nSPS) is 15.7. The zero-order chi connectivity index (χ0) is 16.7. The lowest BCUT2D eigenvalue weighted by atomic mass is 10.2. The number of piperazine rings is 1. The summed E-state index contributed by atoms with van der Waals surface area (Å²) in [6.07, 6.45) is 3.74. The van der Waals surface area contributed by atoms with Crippen LogP contribution in [0.1, 0.15) is 39.5 Å². The number of carbonyl (C=O) groups excluding carboxylic acids is 1. The van der Waals surface area contributed by atoms with E-state index in [4.69, 9.17) is 11.6 Å². The van der Waals surface area contributed by atoms with Gasteiger partial charge in [-0.25, -0.2) is 0 Å². The largest absolute Gasteiger partial charge is 0.359 e. The zero-order valence-electron chi connectivity index (χ0n) is 14.3. The molecule has 0 atom stereocenters. The Morgan fingerprint density at radius 1 is 1.26 bits per heavy atom. The number of rotatable bonds is 7. The molecule has 1 aliphatic heterocycles. The zero-order valence-corrected chi connectivity index (χ0v) is 15.1. The average molecular weight is 339 g/mol. The predicted octanol–water partition coefficient (Wildman–Crippen LogP) is 2.58. The summed E-state index contributed by atoms with van der Waals surface area (Å²) in [6, 6.07) is 5.85. The molecule has 128 valence electrons. The Balaban J connectivity index is 1.91. The molecule has 23 heavy (non-hydrogen) atoms. The molecule has 1 aromatic carbocycles. The second kappa shape index (κ2) is 9.14. The van der Waals surface area contributed by atoms with E-state index in [0.29, 0.717) is 6.42 Å². The maximum atomic E-state index is 11.9. The first kappa shape index (κ1) is 18.1. The Labute approximate surface area is 144 Å². The summed E-state index contributed by atoms with van der Waals surface area (Å²) in [4.78, 5) is 15.9. The smallest absolute Gasteiger partial charge is 0.224 e. The van der Waals surface area contributed by atoms with Crippen LogP contribution in [0.3, 0.4) is 0 Å². The van der Waals surface area contributed by atoms with Crippen LogP contribution in [0.4, 0.5) is 11.4 Å². The van der Waals surface area contributed by atoms with Gasteiger partial charge >= 0.3 is 0 Å². The first-order valence-corrected chi connectivity index (χ1v) is 9.19. The van der Waals surface area contributed by atoms with Gasteiger partial charge in [-0.2, -0.15) is 0 Å². The Bertz CT molecular complexity index is 513. The molecular formula is C18H29ClN3O+. The molecule has 5 heteroatoms. The summed E-state index contributed by atoms with van der Waals surface area (Å²) in [5.41, 5.74) is 1.86. The number of halogens is 1. The molecule has 0 aliphatic carbocycles.